The smallest absolute Gasteiger partial charge is 0.410 e. The zero-order valence-electron chi connectivity index (χ0n) is 17.0. The van der Waals surface area contributed by atoms with Crippen molar-refractivity contribution in [1.82, 2.24) is 14.2 Å². The number of sulfonamides is 1. The number of hydrogen-bond acceptors (Lipinski definition) is 6. The van der Waals surface area contributed by atoms with Crippen LogP contribution in [0.5, 0.6) is 0 Å². The molecule has 0 bridgehead atoms. The maximum Gasteiger partial charge on any atom is 0.410 e. The molecule has 9 heteroatoms. The summed E-state index contributed by atoms with van der Waals surface area (Å²) in [6.07, 6.45) is 4.49. The molecule has 0 N–H and O–H groups in total. The lowest BCUT2D eigenvalue weighted by molar-refractivity contribution is 0.0135. The average molecular weight is 422 g/mol. The predicted molar refractivity (Wildman–Crippen MR) is 108 cm³/mol. The predicted octanol–water partition coefficient (Wildman–Crippen LogP) is 2.96. The lowest BCUT2D eigenvalue weighted by Gasteiger charge is -2.42. The van der Waals surface area contributed by atoms with Crippen LogP contribution in [0.25, 0.3) is 11.1 Å². The number of carbonyl (C=O) groups is 1. The molecule has 1 amide bonds. The van der Waals surface area contributed by atoms with Crippen molar-refractivity contribution in [3.05, 3.63) is 30.2 Å². The van der Waals surface area contributed by atoms with Crippen LogP contribution in [-0.2, 0) is 14.8 Å². The molecule has 8 nitrogen and oxygen atoms in total. The van der Waals surface area contributed by atoms with E-state index in [1.54, 1.807) is 37.5 Å². The van der Waals surface area contributed by atoms with E-state index in [0.717, 1.165) is 29.5 Å². The minimum Gasteiger partial charge on any atom is -0.462 e. The van der Waals surface area contributed by atoms with E-state index in [1.807, 2.05) is 12.1 Å². The molecule has 2 aromatic heterocycles. The van der Waals surface area contributed by atoms with Crippen LogP contribution in [0.15, 0.2) is 29.0 Å². The molecule has 0 aromatic carbocycles. The molecule has 0 saturated carbocycles. The van der Waals surface area contributed by atoms with Gasteiger partial charge in [0.15, 0.2) is 5.58 Å². The van der Waals surface area contributed by atoms with E-state index >= 15 is 0 Å². The Hall–Kier alpha value is -2.13. The Bertz CT molecular complexity index is 997. The third kappa shape index (κ3) is 3.98. The van der Waals surface area contributed by atoms with Crippen molar-refractivity contribution in [2.45, 2.75) is 50.4 Å². The summed E-state index contributed by atoms with van der Waals surface area (Å²) in [4.78, 5) is 17.9. The van der Waals surface area contributed by atoms with Gasteiger partial charge in [-0.25, -0.2) is 17.5 Å². The Morgan fingerprint density at radius 3 is 2.59 bits per heavy atom. The Kier molecular flexibility index (Phi) is 5.06. The van der Waals surface area contributed by atoms with Crippen molar-refractivity contribution < 1.29 is 22.4 Å². The SMILES string of the molecule is CC(C)(C)OC(=O)N1CC(S(=O)(=O)N2CCC(c3coc4cccnc34)CC2)C1. The number of amides is 1. The molecule has 2 aromatic rings. The summed E-state index contributed by atoms with van der Waals surface area (Å²) in [6, 6.07) is 3.72. The minimum absolute atomic E-state index is 0.188. The van der Waals surface area contributed by atoms with Crippen LogP contribution in [0, 0.1) is 0 Å². The van der Waals surface area contributed by atoms with Crippen LogP contribution in [0.2, 0.25) is 0 Å². The lowest BCUT2D eigenvalue weighted by atomic mass is 9.91. The van der Waals surface area contributed by atoms with Crippen molar-refractivity contribution in [2.75, 3.05) is 26.2 Å². The van der Waals surface area contributed by atoms with E-state index in [1.165, 1.54) is 4.90 Å². The Morgan fingerprint density at radius 2 is 1.93 bits per heavy atom. The fourth-order valence-electron chi connectivity index (χ4n) is 3.91. The molecule has 0 atom stereocenters. The number of carbonyl (C=O) groups excluding carboxylic acids is 1. The number of piperidine rings is 1. The second-order valence-electron chi connectivity index (χ2n) is 8.77. The highest BCUT2D eigenvalue weighted by molar-refractivity contribution is 7.89. The molecule has 4 heterocycles. The molecular weight excluding hydrogens is 394 g/mol. The minimum atomic E-state index is -3.43. The summed E-state index contributed by atoms with van der Waals surface area (Å²) < 4.78 is 38.3. The number of hydrogen-bond donors (Lipinski definition) is 0. The van der Waals surface area contributed by atoms with Gasteiger partial charge >= 0.3 is 6.09 Å². The van der Waals surface area contributed by atoms with Crippen molar-refractivity contribution in [1.29, 1.82) is 0 Å². The second kappa shape index (κ2) is 7.28. The summed E-state index contributed by atoms with van der Waals surface area (Å²) in [5.74, 6) is 0.234. The lowest BCUT2D eigenvalue weighted by Crippen LogP contribution is -2.61. The third-order valence-electron chi connectivity index (χ3n) is 5.53. The van der Waals surface area contributed by atoms with Gasteiger partial charge in [-0.3, -0.25) is 4.98 Å². The first-order valence-electron chi connectivity index (χ1n) is 9.94. The molecule has 4 rings (SSSR count). The highest BCUT2D eigenvalue weighted by atomic mass is 32.2. The number of ether oxygens (including phenoxy) is 1. The largest absolute Gasteiger partial charge is 0.462 e. The van der Waals surface area contributed by atoms with E-state index in [9.17, 15) is 13.2 Å². The fraction of sp³-hybridized carbons (Fsp3) is 0.600. The normalized spacial score (nSPS) is 20.0. The first kappa shape index (κ1) is 20.2. The van der Waals surface area contributed by atoms with Crippen LogP contribution in [-0.4, -0.2) is 65.7 Å². The first-order valence-corrected chi connectivity index (χ1v) is 11.4. The van der Waals surface area contributed by atoms with E-state index < -0.39 is 27.0 Å². The van der Waals surface area contributed by atoms with Crippen molar-refractivity contribution in [3.63, 3.8) is 0 Å². The van der Waals surface area contributed by atoms with E-state index in [2.05, 4.69) is 4.98 Å². The third-order valence-corrected chi connectivity index (χ3v) is 7.76. The summed E-state index contributed by atoms with van der Waals surface area (Å²) in [7, 11) is -3.43. The molecule has 2 aliphatic heterocycles. The molecule has 0 radical (unpaired) electrons. The van der Waals surface area contributed by atoms with Gasteiger partial charge in [-0.15, -0.1) is 0 Å². The number of rotatable bonds is 3. The van der Waals surface area contributed by atoms with Gasteiger partial charge in [0.05, 0.1) is 6.26 Å². The van der Waals surface area contributed by atoms with E-state index in [0.29, 0.717) is 13.1 Å². The number of nitrogens with zero attached hydrogens (tertiary/aromatic N) is 3. The Labute approximate surface area is 170 Å². The quantitative estimate of drug-likeness (QED) is 0.756. The van der Waals surface area contributed by atoms with E-state index in [4.69, 9.17) is 9.15 Å². The maximum absolute atomic E-state index is 12.9. The van der Waals surface area contributed by atoms with Crippen molar-refractivity contribution in [3.8, 4) is 0 Å². The van der Waals surface area contributed by atoms with Gasteiger partial charge in [0.2, 0.25) is 10.0 Å². The zero-order valence-corrected chi connectivity index (χ0v) is 17.8. The first-order chi connectivity index (χ1) is 13.6. The maximum atomic E-state index is 12.9. The zero-order chi connectivity index (χ0) is 20.8. The molecule has 158 valence electrons. The molecule has 2 fully saturated rings. The highest BCUT2D eigenvalue weighted by Crippen LogP contribution is 2.35. The topological polar surface area (TPSA) is 93.0 Å². The van der Waals surface area contributed by atoms with Crippen LogP contribution in [0.3, 0.4) is 0 Å². The van der Waals surface area contributed by atoms with Crippen LogP contribution >= 0.6 is 0 Å². The van der Waals surface area contributed by atoms with Gasteiger partial charge in [0.1, 0.15) is 16.4 Å². The number of fused-ring (bicyclic) bond motifs is 1. The molecule has 2 aliphatic rings. The number of furan rings is 1. The van der Waals surface area contributed by atoms with E-state index in [-0.39, 0.29) is 19.0 Å². The molecule has 2 saturated heterocycles. The monoisotopic (exact) mass is 421 g/mol. The van der Waals surface area contributed by atoms with Crippen molar-refractivity contribution in [2.24, 2.45) is 0 Å². The summed E-state index contributed by atoms with van der Waals surface area (Å²) >= 11 is 0. The van der Waals surface area contributed by atoms with Crippen LogP contribution in [0.4, 0.5) is 4.79 Å². The number of pyridine rings is 1. The number of likely N-dealkylation sites (tertiary alicyclic amines) is 1. The Balaban J connectivity index is 1.34. The molecular formula is C20H27N3O5S. The van der Waals surface area contributed by atoms with Gasteiger partial charge in [-0.05, 0) is 51.7 Å². The summed E-state index contributed by atoms with van der Waals surface area (Å²) in [5, 5.41) is -0.553. The van der Waals surface area contributed by atoms with Crippen LogP contribution in [0.1, 0.15) is 45.1 Å². The molecule has 0 aliphatic carbocycles. The summed E-state index contributed by atoms with van der Waals surface area (Å²) in [5.41, 5.74) is 2.09. The van der Waals surface area contributed by atoms with Gasteiger partial charge in [-0.1, -0.05) is 0 Å². The van der Waals surface area contributed by atoms with Gasteiger partial charge in [-0.2, -0.15) is 0 Å². The number of aromatic nitrogens is 1. The van der Waals surface area contributed by atoms with Crippen LogP contribution < -0.4 is 0 Å². The average Bonchev–Trinajstić information content (AvgIpc) is 3.03. The molecule has 0 spiro atoms. The molecule has 0 unspecified atom stereocenters. The Morgan fingerprint density at radius 1 is 1.24 bits per heavy atom. The molecule has 29 heavy (non-hydrogen) atoms. The summed E-state index contributed by atoms with van der Waals surface area (Å²) in [6.45, 7) is 6.69. The standard InChI is InChI=1S/C20H27N3O5S/c1-20(2,3)28-19(24)22-11-15(12-22)29(25,26)23-9-6-14(7-10-23)16-13-27-17-5-4-8-21-18(16)17/h4-5,8,13-15H,6-7,9-12H2,1-3H3. The highest BCUT2D eigenvalue weighted by Gasteiger charge is 2.45. The van der Waals surface area contributed by atoms with Gasteiger partial charge in [0.25, 0.3) is 0 Å². The second-order valence-corrected chi connectivity index (χ2v) is 11.0. The van der Waals surface area contributed by atoms with Crippen molar-refractivity contribution >= 4 is 27.2 Å². The van der Waals surface area contributed by atoms with Gasteiger partial charge < -0.3 is 14.1 Å². The fourth-order valence-corrected chi connectivity index (χ4v) is 5.79. The van der Waals surface area contributed by atoms with Gasteiger partial charge in [0, 0.05) is 37.9 Å².